The Bertz CT molecular complexity index is 1310. The van der Waals surface area contributed by atoms with E-state index < -0.39 is 0 Å². The first-order valence-electron chi connectivity index (χ1n) is 10.6. The second-order valence-corrected chi connectivity index (χ2v) is 7.91. The molecule has 0 saturated carbocycles. The number of hydrogen-bond donors (Lipinski definition) is 0. The van der Waals surface area contributed by atoms with Crippen LogP contribution in [0.1, 0.15) is 22.5 Å². The molecule has 0 fully saturated rings. The fourth-order valence-corrected chi connectivity index (χ4v) is 3.77. The zero-order chi connectivity index (χ0) is 23.9. The topological polar surface area (TPSA) is 84.0 Å². The van der Waals surface area contributed by atoms with Crippen molar-refractivity contribution in [3.05, 3.63) is 95.4 Å². The van der Waals surface area contributed by atoms with E-state index in [4.69, 9.17) is 26.7 Å². The van der Waals surface area contributed by atoms with Crippen molar-refractivity contribution in [3.8, 4) is 28.8 Å². The van der Waals surface area contributed by atoms with Gasteiger partial charge in [0.1, 0.15) is 11.4 Å². The van der Waals surface area contributed by atoms with Gasteiger partial charge in [-0.25, -0.2) is 4.68 Å². The van der Waals surface area contributed by atoms with Crippen molar-refractivity contribution in [2.45, 2.75) is 13.0 Å². The van der Waals surface area contributed by atoms with Crippen LogP contribution in [0.25, 0.3) is 16.9 Å². The molecule has 0 spiro atoms. The molecule has 0 bridgehead atoms. The SMILES string of the molecule is COc1ccc(-c2cc(C(=O)N(CCC#N)Cc3cccnc3)n(-c3ccccc3Cl)n2)cc1. The van der Waals surface area contributed by atoms with Crippen molar-refractivity contribution in [2.24, 2.45) is 0 Å². The summed E-state index contributed by atoms with van der Waals surface area (Å²) in [6.45, 7) is 0.593. The number of aromatic nitrogens is 3. The lowest BCUT2D eigenvalue weighted by Crippen LogP contribution is -2.33. The van der Waals surface area contributed by atoms with Gasteiger partial charge in [-0.3, -0.25) is 9.78 Å². The molecule has 0 aliphatic heterocycles. The van der Waals surface area contributed by atoms with E-state index in [0.29, 0.717) is 28.6 Å². The average Bonchev–Trinajstić information content (AvgIpc) is 3.32. The van der Waals surface area contributed by atoms with E-state index in [0.717, 1.165) is 16.9 Å². The molecule has 0 N–H and O–H groups in total. The predicted molar refractivity (Wildman–Crippen MR) is 130 cm³/mol. The largest absolute Gasteiger partial charge is 0.497 e. The van der Waals surface area contributed by atoms with Gasteiger partial charge in [0.15, 0.2) is 0 Å². The number of hydrogen-bond acceptors (Lipinski definition) is 5. The summed E-state index contributed by atoms with van der Waals surface area (Å²) >= 11 is 6.47. The van der Waals surface area contributed by atoms with Crippen molar-refractivity contribution in [2.75, 3.05) is 13.7 Å². The van der Waals surface area contributed by atoms with Gasteiger partial charge >= 0.3 is 0 Å². The highest BCUT2D eigenvalue weighted by Crippen LogP contribution is 2.28. The van der Waals surface area contributed by atoms with Crippen LogP contribution in [0.4, 0.5) is 0 Å². The molecular formula is C26H22ClN5O2. The molecule has 4 rings (SSSR count). The Morgan fingerprint density at radius 2 is 1.94 bits per heavy atom. The molecule has 34 heavy (non-hydrogen) atoms. The van der Waals surface area contributed by atoms with E-state index in [2.05, 4.69) is 11.1 Å². The monoisotopic (exact) mass is 471 g/mol. The third-order valence-electron chi connectivity index (χ3n) is 5.27. The number of carbonyl (C=O) groups is 1. The summed E-state index contributed by atoms with van der Waals surface area (Å²) in [5, 5.41) is 14.3. The third kappa shape index (κ3) is 5.08. The predicted octanol–water partition coefficient (Wildman–Crippen LogP) is 5.15. The van der Waals surface area contributed by atoms with Gasteiger partial charge in [0.05, 0.1) is 36.0 Å². The second kappa shape index (κ2) is 10.6. The lowest BCUT2D eigenvalue weighted by atomic mass is 10.1. The maximum Gasteiger partial charge on any atom is 0.272 e. The Hall–Kier alpha value is -4.15. The third-order valence-corrected chi connectivity index (χ3v) is 5.59. The Morgan fingerprint density at radius 1 is 1.15 bits per heavy atom. The highest BCUT2D eigenvalue weighted by molar-refractivity contribution is 6.32. The molecule has 0 aliphatic rings. The van der Waals surface area contributed by atoms with Crippen molar-refractivity contribution in [3.63, 3.8) is 0 Å². The molecule has 2 aromatic carbocycles. The van der Waals surface area contributed by atoms with Crippen LogP contribution in [-0.2, 0) is 6.54 Å². The summed E-state index contributed by atoms with van der Waals surface area (Å²) in [7, 11) is 1.61. The first-order chi connectivity index (χ1) is 16.6. The minimum atomic E-state index is -0.258. The maximum absolute atomic E-state index is 13.8. The summed E-state index contributed by atoms with van der Waals surface area (Å²) in [6, 6.07) is 22.3. The van der Waals surface area contributed by atoms with E-state index in [1.54, 1.807) is 41.2 Å². The fourth-order valence-electron chi connectivity index (χ4n) is 3.55. The van der Waals surface area contributed by atoms with E-state index in [-0.39, 0.29) is 18.9 Å². The number of benzene rings is 2. The quantitative estimate of drug-likeness (QED) is 0.354. The van der Waals surface area contributed by atoms with Crippen LogP contribution in [0.15, 0.2) is 79.1 Å². The van der Waals surface area contributed by atoms with E-state index >= 15 is 0 Å². The molecule has 8 heteroatoms. The van der Waals surface area contributed by atoms with Gasteiger partial charge in [-0.15, -0.1) is 0 Å². The summed E-state index contributed by atoms with van der Waals surface area (Å²) < 4.78 is 6.81. The van der Waals surface area contributed by atoms with Gasteiger partial charge in [0, 0.05) is 31.0 Å². The smallest absolute Gasteiger partial charge is 0.272 e. The van der Waals surface area contributed by atoms with Crippen molar-refractivity contribution >= 4 is 17.5 Å². The molecule has 170 valence electrons. The number of carbonyl (C=O) groups excluding carboxylic acids is 1. The maximum atomic E-state index is 13.8. The van der Waals surface area contributed by atoms with Crippen LogP contribution < -0.4 is 4.74 Å². The number of ether oxygens (including phenoxy) is 1. The highest BCUT2D eigenvalue weighted by atomic mass is 35.5. The zero-order valence-electron chi connectivity index (χ0n) is 18.6. The molecule has 0 saturated heterocycles. The summed E-state index contributed by atoms with van der Waals surface area (Å²) in [6.07, 6.45) is 3.59. The van der Waals surface area contributed by atoms with Crippen LogP contribution in [0.5, 0.6) is 5.75 Å². The van der Waals surface area contributed by atoms with Gasteiger partial charge in [0.2, 0.25) is 0 Å². The van der Waals surface area contributed by atoms with Gasteiger partial charge < -0.3 is 9.64 Å². The fraction of sp³-hybridized carbons (Fsp3) is 0.154. The number of pyridine rings is 1. The molecule has 2 aromatic heterocycles. The van der Waals surface area contributed by atoms with Crippen molar-refractivity contribution in [1.29, 1.82) is 5.26 Å². The molecule has 2 heterocycles. The Balaban J connectivity index is 1.78. The van der Waals surface area contributed by atoms with Crippen molar-refractivity contribution < 1.29 is 9.53 Å². The molecule has 0 aliphatic carbocycles. The Morgan fingerprint density at radius 3 is 2.62 bits per heavy atom. The van der Waals surface area contributed by atoms with Gasteiger partial charge in [0.25, 0.3) is 5.91 Å². The van der Waals surface area contributed by atoms with Crippen LogP contribution in [0.3, 0.4) is 0 Å². The molecule has 0 radical (unpaired) electrons. The van der Waals surface area contributed by atoms with Crippen LogP contribution in [0.2, 0.25) is 5.02 Å². The number of para-hydroxylation sites is 1. The Kier molecular flexibility index (Phi) is 7.21. The number of rotatable bonds is 8. The molecule has 7 nitrogen and oxygen atoms in total. The molecule has 0 atom stereocenters. The number of nitrogens with zero attached hydrogens (tertiary/aromatic N) is 5. The van der Waals surface area contributed by atoms with Crippen molar-refractivity contribution in [1.82, 2.24) is 19.7 Å². The number of amides is 1. The second-order valence-electron chi connectivity index (χ2n) is 7.50. The number of halogens is 1. The summed E-state index contributed by atoms with van der Waals surface area (Å²) in [5.74, 6) is 0.469. The number of nitriles is 1. The Labute approximate surface area is 202 Å². The zero-order valence-corrected chi connectivity index (χ0v) is 19.3. The lowest BCUT2D eigenvalue weighted by molar-refractivity contribution is 0.0737. The van der Waals surface area contributed by atoms with E-state index in [9.17, 15) is 4.79 Å². The first-order valence-corrected chi connectivity index (χ1v) is 11.0. The van der Waals surface area contributed by atoms with Crippen LogP contribution in [0, 0.1) is 11.3 Å². The van der Waals surface area contributed by atoms with E-state index in [1.165, 1.54) is 0 Å². The minimum Gasteiger partial charge on any atom is -0.497 e. The van der Waals surface area contributed by atoms with Gasteiger partial charge in [-0.05, 0) is 54.1 Å². The highest BCUT2D eigenvalue weighted by Gasteiger charge is 2.24. The summed E-state index contributed by atoms with van der Waals surface area (Å²) in [4.78, 5) is 19.5. The van der Waals surface area contributed by atoms with E-state index in [1.807, 2.05) is 54.6 Å². The van der Waals surface area contributed by atoms with Gasteiger partial charge in [-0.2, -0.15) is 10.4 Å². The lowest BCUT2D eigenvalue weighted by Gasteiger charge is -2.22. The van der Waals surface area contributed by atoms with Crippen LogP contribution in [-0.4, -0.2) is 39.2 Å². The summed E-state index contributed by atoms with van der Waals surface area (Å²) in [5.41, 5.74) is 3.26. The molecule has 4 aromatic rings. The number of methoxy groups -OCH3 is 1. The van der Waals surface area contributed by atoms with Gasteiger partial charge in [-0.1, -0.05) is 29.8 Å². The first kappa shape index (κ1) is 23.0. The van der Waals surface area contributed by atoms with Crippen LogP contribution >= 0.6 is 11.6 Å². The standard InChI is InChI=1S/C26H22ClN5O2/c1-34-21-11-9-20(10-12-21)23-16-25(32(30-23)24-8-3-2-7-22(24)27)26(33)31(15-5-13-28)18-19-6-4-14-29-17-19/h2-4,6-12,14,16-17H,5,15,18H2,1H3. The molecule has 1 amide bonds. The minimum absolute atomic E-state index is 0.206. The average molecular weight is 472 g/mol. The normalized spacial score (nSPS) is 10.5. The molecule has 0 unspecified atom stereocenters. The molecular weight excluding hydrogens is 450 g/mol.